The molecule has 3 N–H and O–H groups in total. The van der Waals surface area contributed by atoms with E-state index < -0.39 is 5.91 Å². The summed E-state index contributed by atoms with van der Waals surface area (Å²) in [6.45, 7) is 1.98. The second-order valence-electron chi connectivity index (χ2n) is 9.65. The van der Waals surface area contributed by atoms with Crippen molar-refractivity contribution in [3.05, 3.63) is 135 Å². The summed E-state index contributed by atoms with van der Waals surface area (Å²) in [5, 5.41) is 10.9. The Morgan fingerprint density at radius 1 is 0.864 bits per heavy atom. The second kappa shape index (κ2) is 14.8. The van der Waals surface area contributed by atoms with Crippen molar-refractivity contribution in [2.45, 2.75) is 11.8 Å². The van der Waals surface area contributed by atoms with Crippen LogP contribution in [0.1, 0.15) is 21.5 Å². The van der Waals surface area contributed by atoms with Crippen molar-refractivity contribution in [2.24, 2.45) is 0 Å². The summed E-state index contributed by atoms with van der Waals surface area (Å²) in [7, 11) is 0. The molecule has 1 heterocycles. The van der Waals surface area contributed by atoms with Gasteiger partial charge in [0.2, 0.25) is 5.91 Å². The number of carbonyl (C=O) groups excluding carboxylic acids is 3. The van der Waals surface area contributed by atoms with E-state index in [1.807, 2.05) is 79.0 Å². The number of aromatic nitrogens is 1. The zero-order valence-electron chi connectivity index (χ0n) is 23.5. The lowest BCUT2D eigenvalue weighted by atomic mass is 10.1. The number of carbonyl (C=O) groups is 3. The predicted molar refractivity (Wildman–Crippen MR) is 183 cm³/mol. The number of nitrogens with zero attached hydrogens (tertiary/aromatic N) is 1. The third kappa shape index (κ3) is 8.76. The maximum absolute atomic E-state index is 13.3. The van der Waals surface area contributed by atoms with Gasteiger partial charge in [0, 0.05) is 31.6 Å². The Labute approximate surface area is 272 Å². The van der Waals surface area contributed by atoms with Crippen LogP contribution in [-0.2, 0) is 9.59 Å². The Bertz CT molecular complexity index is 1790. The maximum atomic E-state index is 13.3. The zero-order valence-corrected chi connectivity index (χ0v) is 26.8. The van der Waals surface area contributed by atoms with E-state index in [4.69, 9.17) is 0 Å². The Balaban J connectivity index is 1.18. The average molecular weight is 684 g/mol. The summed E-state index contributed by atoms with van der Waals surface area (Å²) in [6, 6.07) is 31.4. The van der Waals surface area contributed by atoms with Crippen LogP contribution in [0, 0.1) is 6.92 Å². The molecule has 0 fully saturated rings. The largest absolute Gasteiger partial charge is 0.321 e. The Kier molecular flexibility index (Phi) is 10.4. The van der Waals surface area contributed by atoms with E-state index in [0.717, 1.165) is 31.8 Å². The van der Waals surface area contributed by atoms with Gasteiger partial charge in [-0.15, -0.1) is 23.1 Å². The molecule has 0 saturated heterocycles. The molecule has 220 valence electrons. The molecule has 5 rings (SSSR count). The number of hydrogen-bond acceptors (Lipinski definition) is 6. The van der Waals surface area contributed by atoms with E-state index in [-0.39, 0.29) is 23.3 Å². The zero-order chi connectivity index (χ0) is 30.9. The molecular weight excluding hydrogens is 656 g/mol. The molecular formula is C34H27BrN4O3S2. The minimum Gasteiger partial charge on any atom is -0.321 e. The van der Waals surface area contributed by atoms with E-state index in [1.165, 1.54) is 23.1 Å². The average Bonchev–Trinajstić information content (AvgIpc) is 3.50. The summed E-state index contributed by atoms with van der Waals surface area (Å²) >= 11 is 6.18. The number of benzene rings is 4. The van der Waals surface area contributed by atoms with Crippen LogP contribution in [0.5, 0.6) is 0 Å². The van der Waals surface area contributed by atoms with Crippen LogP contribution in [0.4, 0.5) is 10.8 Å². The number of thiazole rings is 1. The lowest BCUT2D eigenvalue weighted by Crippen LogP contribution is -2.30. The number of halogens is 1. The molecule has 0 aliphatic heterocycles. The van der Waals surface area contributed by atoms with Crippen molar-refractivity contribution < 1.29 is 14.4 Å². The van der Waals surface area contributed by atoms with Crippen molar-refractivity contribution in [3.8, 4) is 11.3 Å². The number of anilines is 2. The minimum atomic E-state index is -0.458. The predicted octanol–water partition coefficient (Wildman–Crippen LogP) is 8.02. The summed E-state index contributed by atoms with van der Waals surface area (Å²) < 4.78 is 0.990. The SMILES string of the molecule is Cc1ccc(/C=C(\NC(=O)c2ccccc2)C(=O)Nc2ccc(SCC(=O)Nc3nc(-c4ccc(Br)cc4)cs3)cc2)cc1. The van der Waals surface area contributed by atoms with Crippen molar-refractivity contribution in [1.82, 2.24) is 10.3 Å². The molecule has 5 aromatic rings. The standard InChI is InChI=1S/C34H27BrN4O3S2/c1-22-7-9-23(10-8-22)19-29(37-32(41)25-5-3-2-4-6-25)33(42)36-27-15-17-28(18-16-27)43-21-31(40)39-34-38-30(20-44-34)24-11-13-26(35)14-12-24/h2-20H,21H2,1H3,(H,36,42)(H,37,41)(H,38,39,40)/b29-19-. The number of aryl methyl sites for hydroxylation is 1. The van der Waals surface area contributed by atoms with Crippen LogP contribution in [-0.4, -0.2) is 28.5 Å². The monoisotopic (exact) mass is 682 g/mol. The Morgan fingerprint density at radius 2 is 1.57 bits per heavy atom. The van der Waals surface area contributed by atoms with Gasteiger partial charge in [-0.1, -0.05) is 76.1 Å². The summed E-state index contributed by atoms with van der Waals surface area (Å²) in [5.41, 5.74) is 4.76. The highest BCUT2D eigenvalue weighted by molar-refractivity contribution is 9.10. The number of hydrogen-bond donors (Lipinski definition) is 3. The van der Waals surface area contributed by atoms with Crippen molar-refractivity contribution >= 4 is 73.6 Å². The fourth-order valence-corrected chi connectivity index (χ4v) is 5.69. The molecule has 0 aliphatic carbocycles. The van der Waals surface area contributed by atoms with E-state index in [1.54, 1.807) is 42.5 Å². The molecule has 0 spiro atoms. The molecule has 4 aromatic carbocycles. The number of thioether (sulfide) groups is 1. The molecule has 10 heteroatoms. The van der Waals surface area contributed by atoms with E-state index in [9.17, 15) is 14.4 Å². The third-order valence-electron chi connectivity index (χ3n) is 6.29. The summed E-state index contributed by atoms with van der Waals surface area (Å²) in [5.74, 6) is -0.801. The first-order valence-electron chi connectivity index (χ1n) is 13.5. The molecule has 1 aromatic heterocycles. The maximum Gasteiger partial charge on any atom is 0.272 e. The summed E-state index contributed by atoms with van der Waals surface area (Å²) in [4.78, 5) is 44.1. The molecule has 0 bridgehead atoms. The van der Waals surface area contributed by atoms with Crippen LogP contribution < -0.4 is 16.0 Å². The molecule has 0 unspecified atom stereocenters. The van der Waals surface area contributed by atoms with Gasteiger partial charge in [-0.25, -0.2) is 4.98 Å². The van der Waals surface area contributed by atoms with Crippen LogP contribution in [0.15, 0.2) is 124 Å². The van der Waals surface area contributed by atoms with Gasteiger partial charge in [-0.2, -0.15) is 0 Å². The van der Waals surface area contributed by atoms with Crippen molar-refractivity contribution in [2.75, 3.05) is 16.4 Å². The fraction of sp³-hybridized carbons (Fsp3) is 0.0588. The highest BCUT2D eigenvalue weighted by atomic mass is 79.9. The van der Waals surface area contributed by atoms with Gasteiger partial charge < -0.3 is 16.0 Å². The number of rotatable bonds is 10. The van der Waals surface area contributed by atoms with Crippen molar-refractivity contribution in [3.63, 3.8) is 0 Å². The van der Waals surface area contributed by atoms with E-state index in [0.29, 0.717) is 16.4 Å². The van der Waals surface area contributed by atoms with Gasteiger partial charge in [0.1, 0.15) is 5.70 Å². The lowest BCUT2D eigenvalue weighted by Gasteiger charge is -2.12. The summed E-state index contributed by atoms with van der Waals surface area (Å²) in [6.07, 6.45) is 1.64. The first kappa shape index (κ1) is 30.9. The molecule has 0 aliphatic rings. The van der Waals surface area contributed by atoms with E-state index >= 15 is 0 Å². The van der Waals surface area contributed by atoms with Crippen LogP contribution in [0.2, 0.25) is 0 Å². The molecule has 3 amide bonds. The topological polar surface area (TPSA) is 100 Å². The molecule has 0 saturated carbocycles. The highest BCUT2D eigenvalue weighted by Gasteiger charge is 2.15. The Morgan fingerprint density at radius 3 is 2.27 bits per heavy atom. The molecule has 44 heavy (non-hydrogen) atoms. The molecule has 0 atom stereocenters. The van der Waals surface area contributed by atoms with Gasteiger partial charge >= 0.3 is 0 Å². The minimum absolute atomic E-state index is 0.114. The quantitative estimate of drug-likeness (QED) is 0.102. The smallest absolute Gasteiger partial charge is 0.272 e. The number of nitrogens with one attached hydrogen (secondary N) is 3. The number of amides is 3. The van der Waals surface area contributed by atoms with Crippen LogP contribution >= 0.6 is 39.0 Å². The van der Waals surface area contributed by atoms with Gasteiger partial charge in [0.25, 0.3) is 11.8 Å². The van der Waals surface area contributed by atoms with Gasteiger partial charge in [0.15, 0.2) is 5.13 Å². The van der Waals surface area contributed by atoms with Gasteiger partial charge in [0.05, 0.1) is 11.4 Å². The van der Waals surface area contributed by atoms with Crippen LogP contribution in [0.25, 0.3) is 17.3 Å². The fourth-order valence-electron chi connectivity index (χ4n) is 3.99. The molecule has 7 nitrogen and oxygen atoms in total. The van der Waals surface area contributed by atoms with Gasteiger partial charge in [-0.3, -0.25) is 14.4 Å². The van der Waals surface area contributed by atoms with Crippen LogP contribution in [0.3, 0.4) is 0 Å². The Hall–Kier alpha value is -4.51. The lowest BCUT2D eigenvalue weighted by molar-refractivity contribution is -0.114. The molecule has 0 radical (unpaired) electrons. The van der Waals surface area contributed by atoms with E-state index in [2.05, 4.69) is 36.9 Å². The second-order valence-corrected chi connectivity index (χ2v) is 12.5. The normalized spacial score (nSPS) is 11.1. The van der Waals surface area contributed by atoms with Crippen molar-refractivity contribution in [1.29, 1.82) is 0 Å². The van der Waals surface area contributed by atoms with Gasteiger partial charge in [-0.05, 0) is 67.1 Å². The first-order chi connectivity index (χ1) is 21.3. The first-order valence-corrected chi connectivity index (χ1v) is 16.2. The third-order valence-corrected chi connectivity index (χ3v) is 8.59. The highest BCUT2D eigenvalue weighted by Crippen LogP contribution is 2.27.